The average molecular weight is 319 g/mol. The average Bonchev–Trinajstić information content (AvgIpc) is 2.51. The van der Waals surface area contributed by atoms with Gasteiger partial charge in [-0.3, -0.25) is 4.79 Å². The number of rotatable bonds is 6. The third-order valence-electron chi connectivity index (χ3n) is 3.57. The van der Waals surface area contributed by atoms with Gasteiger partial charge in [0, 0.05) is 12.2 Å². The van der Waals surface area contributed by atoms with E-state index in [4.69, 9.17) is 0 Å². The minimum Gasteiger partial charge on any atom is -0.325 e. The van der Waals surface area contributed by atoms with Crippen molar-refractivity contribution in [3.05, 3.63) is 65.7 Å². The van der Waals surface area contributed by atoms with Gasteiger partial charge < -0.3 is 10.6 Å². The highest BCUT2D eigenvalue weighted by molar-refractivity contribution is 5.96. The smallest absolute Gasteiger partial charge is 0.231 e. The summed E-state index contributed by atoms with van der Waals surface area (Å²) in [6, 6.07) is 17.8. The Hall–Kier alpha value is -1.84. The Bertz CT molecular complexity index is 587. The van der Waals surface area contributed by atoms with E-state index in [0.29, 0.717) is 0 Å². The molecule has 2 aromatic carbocycles. The summed E-state index contributed by atoms with van der Waals surface area (Å²) in [6.45, 7) is 2.77. The molecule has 0 aliphatic rings. The van der Waals surface area contributed by atoms with Crippen LogP contribution in [-0.2, 0) is 11.3 Å². The van der Waals surface area contributed by atoms with E-state index < -0.39 is 0 Å². The molecular weight excluding hydrogens is 296 g/mol. The van der Waals surface area contributed by atoms with Crippen LogP contribution in [0.5, 0.6) is 0 Å². The Labute approximate surface area is 138 Å². The maximum atomic E-state index is 12.6. The van der Waals surface area contributed by atoms with Gasteiger partial charge in [-0.1, -0.05) is 55.5 Å². The van der Waals surface area contributed by atoms with Crippen LogP contribution in [0.4, 0.5) is 5.69 Å². The lowest BCUT2D eigenvalue weighted by Crippen LogP contribution is -2.22. The third-order valence-corrected chi connectivity index (χ3v) is 3.57. The lowest BCUT2D eigenvalue weighted by Gasteiger charge is -2.17. The Morgan fingerprint density at radius 3 is 2.32 bits per heavy atom. The molecule has 4 heteroatoms. The van der Waals surface area contributed by atoms with Crippen molar-refractivity contribution in [2.24, 2.45) is 0 Å². The van der Waals surface area contributed by atoms with Gasteiger partial charge in [-0.2, -0.15) is 0 Å². The van der Waals surface area contributed by atoms with Crippen LogP contribution in [0.2, 0.25) is 0 Å². The highest BCUT2D eigenvalue weighted by Crippen LogP contribution is 2.23. The fourth-order valence-electron chi connectivity index (χ4n) is 2.46. The standard InChI is InChI=1S/C18H22N2O.ClH/c1-3-16(14-9-5-4-6-10-14)18(21)20-17-12-8-7-11-15(17)13-19-2;/h4-12,16,19H,3,13H2,1-2H3,(H,20,21);1H. The van der Waals surface area contributed by atoms with E-state index in [1.165, 1.54) is 0 Å². The van der Waals surface area contributed by atoms with E-state index >= 15 is 0 Å². The zero-order chi connectivity index (χ0) is 15.1. The summed E-state index contributed by atoms with van der Waals surface area (Å²) in [5.41, 5.74) is 3.03. The number of halogens is 1. The summed E-state index contributed by atoms with van der Waals surface area (Å²) >= 11 is 0. The fraction of sp³-hybridized carbons (Fsp3) is 0.278. The number of hydrogen-bond acceptors (Lipinski definition) is 2. The highest BCUT2D eigenvalue weighted by Gasteiger charge is 2.19. The SMILES string of the molecule is CCC(C(=O)Nc1ccccc1CNC)c1ccccc1.Cl. The largest absolute Gasteiger partial charge is 0.325 e. The van der Waals surface area contributed by atoms with Gasteiger partial charge in [-0.15, -0.1) is 12.4 Å². The van der Waals surface area contributed by atoms with E-state index in [9.17, 15) is 4.79 Å². The molecule has 118 valence electrons. The van der Waals surface area contributed by atoms with Crippen molar-refractivity contribution in [2.75, 3.05) is 12.4 Å². The van der Waals surface area contributed by atoms with Crippen LogP contribution < -0.4 is 10.6 Å². The van der Waals surface area contributed by atoms with Gasteiger partial charge in [-0.25, -0.2) is 0 Å². The molecule has 0 aromatic heterocycles. The predicted molar refractivity (Wildman–Crippen MR) is 94.6 cm³/mol. The normalized spacial score (nSPS) is 11.4. The molecule has 0 spiro atoms. The van der Waals surface area contributed by atoms with Crippen molar-refractivity contribution in [1.82, 2.24) is 5.32 Å². The number of amides is 1. The highest BCUT2D eigenvalue weighted by atomic mass is 35.5. The second-order valence-corrected chi connectivity index (χ2v) is 5.05. The number of carbonyl (C=O) groups is 1. The summed E-state index contributed by atoms with van der Waals surface area (Å²) in [7, 11) is 1.90. The minimum atomic E-state index is -0.117. The van der Waals surface area contributed by atoms with Crippen molar-refractivity contribution >= 4 is 24.0 Å². The predicted octanol–water partition coefficient (Wildman–Crippen LogP) is 3.96. The molecule has 1 amide bonds. The molecule has 0 fully saturated rings. The first kappa shape index (κ1) is 18.2. The van der Waals surface area contributed by atoms with Gasteiger partial charge in [0.25, 0.3) is 0 Å². The van der Waals surface area contributed by atoms with E-state index in [2.05, 4.69) is 10.6 Å². The van der Waals surface area contributed by atoms with Gasteiger partial charge in [0.2, 0.25) is 5.91 Å². The second-order valence-electron chi connectivity index (χ2n) is 5.05. The summed E-state index contributed by atoms with van der Waals surface area (Å²) in [5.74, 6) is -0.0684. The Morgan fingerprint density at radius 1 is 1.05 bits per heavy atom. The van der Waals surface area contributed by atoms with E-state index in [0.717, 1.165) is 29.8 Å². The van der Waals surface area contributed by atoms with Crippen LogP contribution in [0.25, 0.3) is 0 Å². The zero-order valence-corrected chi connectivity index (χ0v) is 13.8. The quantitative estimate of drug-likeness (QED) is 0.846. The minimum absolute atomic E-state index is 0. The number of carbonyl (C=O) groups excluding carboxylic acids is 1. The summed E-state index contributed by atoms with van der Waals surface area (Å²) < 4.78 is 0. The molecule has 0 bridgehead atoms. The molecule has 0 aliphatic carbocycles. The molecule has 0 saturated carbocycles. The fourth-order valence-corrected chi connectivity index (χ4v) is 2.46. The van der Waals surface area contributed by atoms with Crippen molar-refractivity contribution < 1.29 is 4.79 Å². The van der Waals surface area contributed by atoms with Crippen LogP contribution in [-0.4, -0.2) is 13.0 Å². The van der Waals surface area contributed by atoms with Crippen LogP contribution in [0.15, 0.2) is 54.6 Å². The first-order valence-corrected chi connectivity index (χ1v) is 7.34. The second kappa shape index (κ2) is 9.23. The third kappa shape index (κ3) is 4.58. The summed E-state index contributed by atoms with van der Waals surface area (Å²) in [6.07, 6.45) is 0.782. The molecule has 1 unspecified atom stereocenters. The van der Waals surface area contributed by atoms with Crippen LogP contribution >= 0.6 is 12.4 Å². The molecule has 0 radical (unpaired) electrons. The van der Waals surface area contributed by atoms with Crippen LogP contribution in [0.1, 0.15) is 30.4 Å². The topological polar surface area (TPSA) is 41.1 Å². The van der Waals surface area contributed by atoms with Crippen molar-refractivity contribution in [1.29, 1.82) is 0 Å². The van der Waals surface area contributed by atoms with E-state index in [-0.39, 0.29) is 24.2 Å². The molecule has 1 atom stereocenters. The Morgan fingerprint density at radius 2 is 1.68 bits per heavy atom. The zero-order valence-electron chi connectivity index (χ0n) is 13.0. The summed E-state index contributed by atoms with van der Waals surface area (Å²) in [5, 5.41) is 6.19. The van der Waals surface area contributed by atoms with Gasteiger partial charge >= 0.3 is 0 Å². The number of anilines is 1. The first-order valence-electron chi connectivity index (χ1n) is 7.34. The molecule has 2 N–H and O–H groups in total. The van der Waals surface area contributed by atoms with Crippen molar-refractivity contribution in [2.45, 2.75) is 25.8 Å². The van der Waals surface area contributed by atoms with Crippen molar-refractivity contribution in [3.63, 3.8) is 0 Å². The Kier molecular flexibility index (Phi) is 7.64. The first-order chi connectivity index (χ1) is 10.3. The molecule has 0 saturated heterocycles. The maximum Gasteiger partial charge on any atom is 0.231 e. The van der Waals surface area contributed by atoms with Gasteiger partial charge in [0.15, 0.2) is 0 Å². The number of hydrogen-bond donors (Lipinski definition) is 2. The lowest BCUT2D eigenvalue weighted by atomic mass is 9.95. The number of nitrogens with one attached hydrogen (secondary N) is 2. The van der Waals surface area contributed by atoms with Crippen LogP contribution in [0.3, 0.4) is 0 Å². The molecule has 22 heavy (non-hydrogen) atoms. The lowest BCUT2D eigenvalue weighted by molar-refractivity contribution is -0.117. The van der Waals surface area contributed by atoms with Gasteiger partial charge in [0.1, 0.15) is 0 Å². The molecule has 2 rings (SSSR count). The number of benzene rings is 2. The molecular formula is C18H23ClN2O. The number of para-hydroxylation sites is 1. The summed E-state index contributed by atoms with van der Waals surface area (Å²) in [4.78, 5) is 12.6. The van der Waals surface area contributed by atoms with Gasteiger partial charge in [0.05, 0.1) is 5.92 Å². The Balaban J connectivity index is 0.00000242. The van der Waals surface area contributed by atoms with Gasteiger partial charge in [-0.05, 0) is 30.7 Å². The van der Waals surface area contributed by atoms with Crippen LogP contribution in [0, 0.1) is 0 Å². The van der Waals surface area contributed by atoms with E-state index in [1.54, 1.807) is 0 Å². The monoisotopic (exact) mass is 318 g/mol. The molecule has 0 heterocycles. The van der Waals surface area contributed by atoms with Crippen molar-refractivity contribution in [3.8, 4) is 0 Å². The molecule has 2 aromatic rings. The maximum absolute atomic E-state index is 12.6. The molecule has 3 nitrogen and oxygen atoms in total. The van der Waals surface area contributed by atoms with E-state index in [1.807, 2.05) is 68.6 Å². The molecule has 0 aliphatic heterocycles.